The summed E-state index contributed by atoms with van der Waals surface area (Å²) in [5.74, 6) is 7.27. The first-order valence-electron chi connectivity index (χ1n) is 47.2. The van der Waals surface area contributed by atoms with Crippen LogP contribution in [0.1, 0.15) is 0 Å². The number of aromatic nitrogens is 9. The van der Waals surface area contributed by atoms with E-state index in [1.165, 1.54) is 54.7 Å². The van der Waals surface area contributed by atoms with Crippen LogP contribution in [0.5, 0.6) is 34.5 Å². The Hall–Kier alpha value is -19.2. The molecule has 29 rings (SSSR count). The summed E-state index contributed by atoms with van der Waals surface area (Å²) in [5, 5.41) is 14.0. The normalized spacial score (nSPS) is 11.9. The van der Waals surface area contributed by atoms with E-state index in [4.69, 9.17) is 59.1 Å². The van der Waals surface area contributed by atoms with Gasteiger partial charge in [0, 0.05) is 82.9 Å². The summed E-state index contributed by atoms with van der Waals surface area (Å²) < 4.78 is 19.0. The van der Waals surface area contributed by atoms with Crippen LogP contribution in [0.2, 0.25) is 0 Å². The number of hydrogen-bond donors (Lipinski definition) is 0. The summed E-state index contributed by atoms with van der Waals surface area (Å²) in [6.07, 6.45) is 3.75. The molecule has 3 aliphatic heterocycles. The third-order valence-corrected chi connectivity index (χ3v) is 27.2. The molecule has 0 aliphatic carbocycles. The van der Waals surface area contributed by atoms with Crippen LogP contribution < -0.4 is 14.2 Å². The second-order valence-corrected chi connectivity index (χ2v) is 35.7. The Morgan fingerprint density at radius 2 is 0.454 bits per heavy atom. The lowest BCUT2D eigenvalue weighted by molar-refractivity contribution is 0.487. The molecule has 5 aromatic heterocycles. The van der Waals surface area contributed by atoms with Gasteiger partial charge in [-0.15, -0.1) is 0 Å². The zero-order chi connectivity index (χ0) is 93.0. The van der Waals surface area contributed by atoms with Crippen LogP contribution in [0.3, 0.4) is 0 Å². The van der Waals surface area contributed by atoms with Crippen molar-refractivity contribution in [2.24, 2.45) is 0 Å². The molecular formula is C129H77N9O3. The highest BCUT2D eigenvalue weighted by Gasteiger charge is 2.28. The van der Waals surface area contributed by atoms with Gasteiger partial charge in [-0.2, -0.15) is 0 Å². The highest BCUT2D eigenvalue weighted by molar-refractivity contribution is 6.25. The summed E-state index contributed by atoms with van der Waals surface area (Å²) in [7, 11) is 0. The van der Waals surface area contributed by atoms with Crippen molar-refractivity contribution in [3.8, 4) is 203 Å². The van der Waals surface area contributed by atoms with Gasteiger partial charge in [-0.05, 0) is 220 Å². The maximum absolute atomic E-state index is 6.39. The van der Waals surface area contributed by atoms with Crippen molar-refractivity contribution in [1.82, 2.24) is 44.9 Å². The average molecular weight is 1800 g/mol. The SMILES string of the molecule is c1ccc(-c2cc(-c3ccc4nc(-c5ccc6c7c(cccc57)-c5ccccc5O6)cnc4c3)cc(-c3ccccc3)n2)cc1.c1ccc(-c2cc(-c3ccccc3)nc(-c3ccc4nc(-c5ccc6c7c(cccc57)-c5ccccc5O6)cnc4c3)c2)cc1.c1ccc(-c2nc(-c3ccccc3)nc(-c3cc4ccc5cc(-c6ccc7c8c(cccc68)-c6ccccc6O7)cc6ccc(c3)c4c56)n2)cc1. The van der Waals surface area contributed by atoms with Gasteiger partial charge in [0.15, 0.2) is 17.5 Å². The van der Waals surface area contributed by atoms with E-state index in [1.54, 1.807) is 0 Å². The molecule has 0 bridgehead atoms. The summed E-state index contributed by atoms with van der Waals surface area (Å²) in [6.45, 7) is 0. The van der Waals surface area contributed by atoms with Gasteiger partial charge in [0.1, 0.15) is 34.5 Å². The Bertz CT molecular complexity index is 8940. The fraction of sp³-hybridized carbons (Fsp3) is 0. The third-order valence-electron chi connectivity index (χ3n) is 27.2. The molecule has 12 nitrogen and oxygen atoms in total. The van der Waals surface area contributed by atoms with Crippen molar-refractivity contribution in [3.05, 3.63) is 467 Å². The van der Waals surface area contributed by atoms with Crippen molar-refractivity contribution in [2.75, 3.05) is 0 Å². The number of hydrogen-bond acceptors (Lipinski definition) is 12. The minimum atomic E-state index is 0.657. The predicted octanol–water partition coefficient (Wildman–Crippen LogP) is 33.6. The molecule has 0 saturated carbocycles. The fourth-order valence-corrected chi connectivity index (χ4v) is 20.6. The van der Waals surface area contributed by atoms with Gasteiger partial charge in [-0.1, -0.05) is 334 Å². The zero-order valence-electron chi connectivity index (χ0n) is 75.7. The predicted molar refractivity (Wildman–Crippen MR) is 572 cm³/mol. The minimum absolute atomic E-state index is 0.657. The molecule has 3 aliphatic rings. The van der Waals surface area contributed by atoms with Crippen LogP contribution in [-0.2, 0) is 0 Å². The van der Waals surface area contributed by atoms with Gasteiger partial charge in [0.2, 0.25) is 0 Å². The van der Waals surface area contributed by atoms with Gasteiger partial charge in [0.25, 0.3) is 0 Å². The van der Waals surface area contributed by atoms with Gasteiger partial charge >= 0.3 is 0 Å². The molecule has 0 radical (unpaired) electrons. The lowest BCUT2D eigenvalue weighted by Crippen LogP contribution is -2.00. The smallest absolute Gasteiger partial charge is 0.164 e. The van der Waals surface area contributed by atoms with Crippen molar-refractivity contribution < 1.29 is 14.2 Å². The maximum Gasteiger partial charge on any atom is 0.164 e. The highest BCUT2D eigenvalue weighted by atomic mass is 16.5. The Balaban J connectivity index is 0.000000106. The molecule has 0 unspecified atom stereocenters. The van der Waals surface area contributed by atoms with Crippen LogP contribution in [0.25, 0.3) is 255 Å². The Kier molecular flexibility index (Phi) is 19.6. The molecule has 0 atom stereocenters. The lowest BCUT2D eigenvalue weighted by atomic mass is 9.87. The molecule has 26 aromatic rings. The summed E-state index contributed by atoms with van der Waals surface area (Å²) in [4.78, 5) is 45.0. The fourth-order valence-electron chi connectivity index (χ4n) is 20.6. The van der Waals surface area contributed by atoms with Crippen molar-refractivity contribution >= 4 is 86.7 Å². The lowest BCUT2D eigenvalue weighted by Gasteiger charge is -2.22. The summed E-state index contributed by atoms with van der Waals surface area (Å²) >= 11 is 0. The van der Waals surface area contributed by atoms with E-state index in [0.29, 0.717) is 17.5 Å². The zero-order valence-corrected chi connectivity index (χ0v) is 75.7. The van der Waals surface area contributed by atoms with E-state index >= 15 is 0 Å². The van der Waals surface area contributed by atoms with Gasteiger partial charge in [-0.3, -0.25) is 9.97 Å². The Morgan fingerprint density at radius 1 is 0.142 bits per heavy atom. The maximum atomic E-state index is 6.39. The second kappa shape index (κ2) is 34.0. The Morgan fingerprint density at radius 3 is 0.858 bits per heavy atom. The molecule has 656 valence electrons. The van der Waals surface area contributed by atoms with E-state index in [2.05, 4.69) is 279 Å². The highest BCUT2D eigenvalue weighted by Crippen LogP contribution is 2.54. The van der Waals surface area contributed by atoms with Gasteiger partial charge < -0.3 is 14.2 Å². The van der Waals surface area contributed by atoms with Crippen molar-refractivity contribution in [2.45, 2.75) is 0 Å². The van der Waals surface area contributed by atoms with Crippen LogP contribution in [0, 0.1) is 0 Å². The van der Waals surface area contributed by atoms with Crippen LogP contribution in [-0.4, -0.2) is 44.9 Å². The van der Waals surface area contributed by atoms with Crippen molar-refractivity contribution in [1.29, 1.82) is 0 Å². The summed E-state index contributed by atoms with van der Waals surface area (Å²) in [6, 6.07) is 158. The number of rotatable bonds is 12. The van der Waals surface area contributed by atoms with Gasteiger partial charge in [-0.25, -0.2) is 34.9 Å². The monoisotopic (exact) mass is 1800 g/mol. The average Bonchev–Trinajstić information content (AvgIpc) is 0.718. The van der Waals surface area contributed by atoms with Crippen LogP contribution in [0.15, 0.2) is 467 Å². The van der Waals surface area contributed by atoms with Crippen LogP contribution >= 0.6 is 0 Å². The van der Waals surface area contributed by atoms with E-state index < -0.39 is 0 Å². The first-order chi connectivity index (χ1) is 69.8. The molecule has 12 heteroatoms. The first kappa shape index (κ1) is 81.4. The molecule has 0 saturated heterocycles. The van der Waals surface area contributed by atoms with E-state index in [-0.39, 0.29) is 0 Å². The number of ether oxygens (including phenoxy) is 3. The second-order valence-electron chi connectivity index (χ2n) is 35.7. The van der Waals surface area contributed by atoms with E-state index in [9.17, 15) is 0 Å². The van der Waals surface area contributed by atoms with Gasteiger partial charge in [0.05, 0.1) is 68.6 Å². The number of para-hydroxylation sites is 3. The van der Waals surface area contributed by atoms with E-state index in [1.807, 2.05) is 188 Å². The number of benzene rings is 21. The number of pyridine rings is 2. The minimum Gasteiger partial charge on any atom is -0.456 e. The number of fused-ring (bicyclic) bond motifs is 8. The molecule has 0 spiro atoms. The van der Waals surface area contributed by atoms with Crippen molar-refractivity contribution in [3.63, 3.8) is 0 Å². The topological polar surface area (TPSA) is 144 Å². The summed E-state index contributed by atoms with van der Waals surface area (Å²) in [5.41, 5.74) is 31.6. The molecule has 0 N–H and O–H groups in total. The van der Waals surface area contributed by atoms with E-state index in [0.717, 1.165) is 217 Å². The largest absolute Gasteiger partial charge is 0.456 e. The number of nitrogens with zero attached hydrogens (tertiary/aromatic N) is 9. The Labute approximate surface area is 810 Å². The quantitative estimate of drug-likeness (QED) is 0.107. The van der Waals surface area contributed by atoms with Crippen LogP contribution in [0.4, 0.5) is 0 Å². The molecule has 141 heavy (non-hydrogen) atoms. The third kappa shape index (κ3) is 14.7. The molecule has 21 aromatic carbocycles. The molecular weight excluding hydrogens is 1720 g/mol. The standard InChI is InChI=1S/C47H27N3O.2C41H25N3O/c1-3-10-28(11-4-1)45-48-46(29-12-5-2-6-13-29)50-47(49-45)35-26-32-20-18-30-24-34(25-31-19-21-33(27-35)43(32)42(30)31)36-22-23-41-44-38(36)15-9-16-39(44)37-14-7-8-17-40(37)51-41;1-3-10-26(11-4-1)35-23-29(24-36(44-35)27-12-5-2-6-13-27)28-18-20-34-37(22-28)42-25-38(43-34)30-19-21-40-41-32(30)15-9-16-33(41)31-14-7-8-17-39(31)45-40;1-3-10-26(11-4-1)29-23-35(27-12-5-2-6-13-27)44-36(24-29)28-18-20-34-37(22-28)42-25-38(43-34)30-19-21-40-41-32(30)15-9-16-33(41)31-14-7-8-17-39(31)45-40/h1-27H;2*1-25H. The molecule has 0 fully saturated rings. The molecule has 8 heterocycles. The first-order valence-corrected chi connectivity index (χ1v) is 47.2. The molecule has 0 amide bonds.